The number of hydrogen-bond donors (Lipinski definition) is 1. The minimum atomic E-state index is 0.330. The molecule has 1 aliphatic rings. The van der Waals surface area contributed by atoms with Gasteiger partial charge in [0.05, 0.1) is 0 Å². The van der Waals surface area contributed by atoms with Gasteiger partial charge in [-0.05, 0) is 42.8 Å². The van der Waals surface area contributed by atoms with Crippen molar-refractivity contribution in [2.45, 2.75) is 13.5 Å². The van der Waals surface area contributed by atoms with Gasteiger partial charge in [0, 0.05) is 61.9 Å². The lowest BCUT2D eigenvalue weighted by atomic mass is 10.1. The van der Waals surface area contributed by atoms with Gasteiger partial charge in [-0.15, -0.1) is 0 Å². The van der Waals surface area contributed by atoms with E-state index in [0.717, 1.165) is 43.9 Å². The maximum absolute atomic E-state index is 10.3. The number of phenolic OH excluding ortho intramolecular Hbond substituents is 1. The molecule has 2 heterocycles. The van der Waals surface area contributed by atoms with Gasteiger partial charge in [-0.25, -0.2) is 9.97 Å². The van der Waals surface area contributed by atoms with E-state index >= 15 is 0 Å². The zero-order valence-corrected chi connectivity index (χ0v) is 15.5. The third-order valence-corrected chi connectivity index (χ3v) is 5.13. The molecule has 138 valence electrons. The highest BCUT2D eigenvalue weighted by molar-refractivity contribution is 5.58. The first-order chi connectivity index (χ1) is 13.2. The number of nitrogens with zero attached hydrogens (tertiary/aromatic N) is 4. The van der Waals surface area contributed by atoms with Gasteiger partial charge in [-0.1, -0.05) is 18.2 Å². The molecule has 3 aromatic rings. The van der Waals surface area contributed by atoms with Crippen LogP contribution in [0.4, 0.5) is 5.69 Å². The highest BCUT2D eigenvalue weighted by Crippen LogP contribution is 2.26. The Bertz CT molecular complexity index is 905. The summed E-state index contributed by atoms with van der Waals surface area (Å²) in [5.41, 5.74) is 4.49. The molecule has 0 amide bonds. The van der Waals surface area contributed by atoms with E-state index in [9.17, 15) is 5.11 Å². The van der Waals surface area contributed by atoms with Crippen LogP contribution < -0.4 is 4.90 Å². The summed E-state index contributed by atoms with van der Waals surface area (Å²) in [6.07, 6.45) is 3.47. The molecule has 0 unspecified atom stereocenters. The Labute approximate surface area is 159 Å². The Kier molecular flexibility index (Phi) is 5.03. The van der Waals surface area contributed by atoms with Gasteiger partial charge in [0.25, 0.3) is 0 Å². The summed E-state index contributed by atoms with van der Waals surface area (Å²) in [5.74, 6) is 1.01. The number of para-hydroxylation sites is 1. The summed E-state index contributed by atoms with van der Waals surface area (Å²) in [6, 6.07) is 16.0. The molecule has 4 rings (SSSR count). The number of rotatable bonds is 4. The number of anilines is 1. The fourth-order valence-electron chi connectivity index (χ4n) is 3.61. The van der Waals surface area contributed by atoms with Gasteiger partial charge in [-0.3, -0.25) is 4.90 Å². The quantitative estimate of drug-likeness (QED) is 0.772. The van der Waals surface area contributed by atoms with E-state index in [4.69, 9.17) is 0 Å². The summed E-state index contributed by atoms with van der Waals surface area (Å²) in [7, 11) is 0. The van der Waals surface area contributed by atoms with Crippen LogP contribution in [-0.2, 0) is 6.54 Å². The van der Waals surface area contributed by atoms with E-state index < -0.39 is 0 Å². The number of aromatic hydroxyl groups is 1. The van der Waals surface area contributed by atoms with Crippen molar-refractivity contribution < 1.29 is 5.11 Å². The van der Waals surface area contributed by atoms with Gasteiger partial charge in [-0.2, -0.15) is 0 Å². The maximum Gasteiger partial charge on any atom is 0.159 e. The van der Waals surface area contributed by atoms with Gasteiger partial charge >= 0.3 is 0 Å². The van der Waals surface area contributed by atoms with E-state index in [1.165, 1.54) is 11.3 Å². The number of aryl methyl sites for hydroxylation is 1. The average Bonchev–Trinajstić information content (AvgIpc) is 2.71. The first kappa shape index (κ1) is 17.5. The Balaban J connectivity index is 1.44. The van der Waals surface area contributed by atoms with Gasteiger partial charge < -0.3 is 10.0 Å². The summed E-state index contributed by atoms with van der Waals surface area (Å²) in [4.78, 5) is 13.4. The van der Waals surface area contributed by atoms with Crippen molar-refractivity contribution in [3.63, 3.8) is 0 Å². The standard InChI is InChI=1S/C22H24N4O/c1-17-5-2-3-6-20(17)26-13-11-25(12-14-26)16-19-15-18(7-8-21(19)27)22-23-9-4-10-24-22/h2-10,15,27H,11-14,16H2,1H3. The van der Waals surface area contributed by atoms with Crippen LogP contribution in [0.2, 0.25) is 0 Å². The minimum Gasteiger partial charge on any atom is -0.508 e. The molecular formula is C22H24N4O. The van der Waals surface area contributed by atoms with Crippen molar-refractivity contribution in [1.82, 2.24) is 14.9 Å². The van der Waals surface area contributed by atoms with E-state index in [2.05, 4.69) is 51.0 Å². The molecule has 27 heavy (non-hydrogen) atoms. The van der Waals surface area contributed by atoms with Crippen LogP contribution in [0, 0.1) is 6.92 Å². The smallest absolute Gasteiger partial charge is 0.159 e. The van der Waals surface area contributed by atoms with Crippen LogP contribution in [-0.4, -0.2) is 46.2 Å². The van der Waals surface area contributed by atoms with Crippen LogP contribution in [0.1, 0.15) is 11.1 Å². The van der Waals surface area contributed by atoms with Gasteiger partial charge in [0.2, 0.25) is 0 Å². The Morgan fingerprint density at radius 1 is 0.926 bits per heavy atom. The highest BCUT2D eigenvalue weighted by Gasteiger charge is 2.19. The molecule has 5 nitrogen and oxygen atoms in total. The fraction of sp³-hybridized carbons (Fsp3) is 0.273. The number of aromatic nitrogens is 2. The molecule has 1 fully saturated rings. The van der Waals surface area contributed by atoms with Crippen molar-refractivity contribution >= 4 is 5.69 Å². The van der Waals surface area contributed by atoms with Crippen molar-refractivity contribution in [1.29, 1.82) is 0 Å². The summed E-state index contributed by atoms with van der Waals surface area (Å²) < 4.78 is 0. The molecule has 5 heteroatoms. The number of piperazine rings is 1. The normalized spacial score (nSPS) is 15.1. The lowest BCUT2D eigenvalue weighted by molar-refractivity contribution is 0.246. The lowest BCUT2D eigenvalue weighted by Crippen LogP contribution is -2.46. The second kappa shape index (κ2) is 7.76. The molecule has 0 bridgehead atoms. The molecule has 0 atom stereocenters. The van der Waals surface area contributed by atoms with E-state index in [1.54, 1.807) is 24.5 Å². The highest BCUT2D eigenvalue weighted by atomic mass is 16.3. The number of hydrogen-bond acceptors (Lipinski definition) is 5. The summed E-state index contributed by atoms with van der Waals surface area (Å²) >= 11 is 0. The molecule has 1 N–H and O–H groups in total. The zero-order chi connectivity index (χ0) is 18.6. The van der Waals surface area contributed by atoms with Crippen molar-refractivity contribution in [2.75, 3.05) is 31.1 Å². The van der Waals surface area contributed by atoms with Crippen LogP contribution in [0.3, 0.4) is 0 Å². The van der Waals surface area contributed by atoms with E-state index in [0.29, 0.717) is 11.6 Å². The third-order valence-electron chi connectivity index (χ3n) is 5.13. The predicted molar refractivity (Wildman–Crippen MR) is 108 cm³/mol. The molecule has 2 aromatic carbocycles. The molecule has 0 radical (unpaired) electrons. The third kappa shape index (κ3) is 3.93. The lowest BCUT2D eigenvalue weighted by Gasteiger charge is -2.37. The maximum atomic E-state index is 10.3. The van der Waals surface area contributed by atoms with Crippen LogP contribution in [0.15, 0.2) is 60.9 Å². The van der Waals surface area contributed by atoms with Crippen LogP contribution in [0.5, 0.6) is 5.75 Å². The molecule has 1 aliphatic heterocycles. The first-order valence-corrected chi connectivity index (χ1v) is 9.33. The Morgan fingerprint density at radius 2 is 1.67 bits per heavy atom. The number of benzene rings is 2. The fourth-order valence-corrected chi connectivity index (χ4v) is 3.61. The second-order valence-corrected chi connectivity index (χ2v) is 6.97. The first-order valence-electron chi connectivity index (χ1n) is 9.33. The topological polar surface area (TPSA) is 52.5 Å². The summed E-state index contributed by atoms with van der Waals surface area (Å²) in [5, 5.41) is 10.3. The molecule has 1 saturated heterocycles. The second-order valence-electron chi connectivity index (χ2n) is 6.97. The minimum absolute atomic E-state index is 0.330. The van der Waals surface area contributed by atoms with Gasteiger partial charge in [0.15, 0.2) is 5.82 Å². The molecule has 0 aliphatic carbocycles. The SMILES string of the molecule is Cc1ccccc1N1CCN(Cc2cc(-c3ncccn3)ccc2O)CC1. The van der Waals surface area contributed by atoms with Crippen molar-refractivity contribution in [2.24, 2.45) is 0 Å². The Morgan fingerprint density at radius 3 is 2.41 bits per heavy atom. The monoisotopic (exact) mass is 360 g/mol. The largest absolute Gasteiger partial charge is 0.508 e. The predicted octanol–water partition coefficient (Wildman–Crippen LogP) is 3.48. The number of phenols is 1. The van der Waals surface area contributed by atoms with Crippen molar-refractivity contribution in [3.8, 4) is 17.1 Å². The zero-order valence-electron chi connectivity index (χ0n) is 15.5. The van der Waals surface area contributed by atoms with Crippen LogP contribution >= 0.6 is 0 Å². The summed E-state index contributed by atoms with van der Waals surface area (Å²) in [6.45, 7) is 6.82. The van der Waals surface area contributed by atoms with Crippen molar-refractivity contribution in [3.05, 3.63) is 72.1 Å². The van der Waals surface area contributed by atoms with Crippen LogP contribution in [0.25, 0.3) is 11.4 Å². The molecule has 0 spiro atoms. The Hall–Kier alpha value is -2.92. The van der Waals surface area contributed by atoms with E-state index in [1.807, 2.05) is 12.1 Å². The van der Waals surface area contributed by atoms with Gasteiger partial charge in [0.1, 0.15) is 5.75 Å². The average molecular weight is 360 g/mol. The van der Waals surface area contributed by atoms with E-state index in [-0.39, 0.29) is 0 Å². The molecule has 1 aromatic heterocycles. The molecule has 0 saturated carbocycles. The molecular weight excluding hydrogens is 336 g/mol.